The molecule has 5 nitrogen and oxygen atoms in total. The van der Waals surface area contributed by atoms with Crippen molar-refractivity contribution in [2.24, 2.45) is 0 Å². The van der Waals surface area contributed by atoms with E-state index in [1.807, 2.05) is 6.92 Å². The van der Waals surface area contributed by atoms with E-state index in [1.54, 1.807) is 18.2 Å². The van der Waals surface area contributed by atoms with Crippen molar-refractivity contribution in [1.29, 1.82) is 0 Å². The van der Waals surface area contributed by atoms with Gasteiger partial charge in [-0.3, -0.25) is 4.57 Å². The van der Waals surface area contributed by atoms with Crippen LogP contribution in [-0.4, -0.2) is 23.2 Å². The first kappa shape index (κ1) is 15.6. The highest BCUT2D eigenvalue weighted by molar-refractivity contribution is 8.13. The summed E-state index contributed by atoms with van der Waals surface area (Å²) in [7, 11) is 1.38. The van der Waals surface area contributed by atoms with Gasteiger partial charge in [-0.2, -0.15) is 0 Å². The maximum absolute atomic E-state index is 11.5. The molecule has 0 bridgehead atoms. The normalized spacial score (nSPS) is 11.8. The Labute approximate surface area is 130 Å². The van der Waals surface area contributed by atoms with Crippen LogP contribution in [0.4, 0.5) is 0 Å². The lowest BCUT2D eigenvalue weighted by Gasteiger charge is -2.09. The van der Waals surface area contributed by atoms with Gasteiger partial charge in [0.05, 0.1) is 10.0 Å². The average molecular weight is 355 g/mol. The molecule has 0 amide bonds. The van der Waals surface area contributed by atoms with Gasteiger partial charge in [0.25, 0.3) is 14.2 Å². The van der Waals surface area contributed by atoms with Gasteiger partial charge < -0.3 is 0 Å². The number of hydrogen-bond donors (Lipinski definition) is 0. The van der Waals surface area contributed by atoms with Crippen LogP contribution in [0.2, 0.25) is 10.0 Å². The van der Waals surface area contributed by atoms with E-state index < -0.39 is 9.05 Å². The largest absolute Gasteiger partial charge is 0.297 e. The molecule has 0 N–H and O–H groups in total. The summed E-state index contributed by atoms with van der Waals surface area (Å²) < 4.78 is 24.4. The van der Waals surface area contributed by atoms with Gasteiger partial charge in [-0.25, -0.2) is 8.42 Å². The molecule has 1 aromatic carbocycles. The van der Waals surface area contributed by atoms with E-state index in [0.717, 1.165) is 0 Å². The summed E-state index contributed by atoms with van der Waals surface area (Å²) in [5, 5.41) is 7.87. The van der Waals surface area contributed by atoms with Gasteiger partial charge in [0.15, 0.2) is 5.82 Å². The Morgan fingerprint density at radius 2 is 1.95 bits per heavy atom. The summed E-state index contributed by atoms with van der Waals surface area (Å²) in [6, 6.07) is 5.02. The highest BCUT2D eigenvalue weighted by Gasteiger charge is 2.24. The smallest absolute Gasteiger partial charge is 0.296 e. The summed E-state index contributed by atoms with van der Waals surface area (Å²) >= 11 is 12.1. The molecule has 0 aliphatic carbocycles. The van der Waals surface area contributed by atoms with Gasteiger partial charge in [0.1, 0.15) is 0 Å². The molecule has 0 saturated heterocycles. The second-order valence-electron chi connectivity index (χ2n) is 4.00. The van der Waals surface area contributed by atoms with E-state index in [9.17, 15) is 8.42 Å². The molecule has 0 fully saturated rings. The Balaban J connectivity index is 2.69. The minimum atomic E-state index is -3.98. The van der Waals surface area contributed by atoms with E-state index >= 15 is 0 Å². The second-order valence-corrected chi connectivity index (χ2v) is 7.24. The third-order valence-electron chi connectivity index (χ3n) is 2.57. The summed E-state index contributed by atoms with van der Waals surface area (Å²) in [5.74, 6) is 0.318. The summed E-state index contributed by atoms with van der Waals surface area (Å²) in [5.41, 5.74) is 0.506. The Morgan fingerprint density at radius 1 is 1.25 bits per heavy atom. The van der Waals surface area contributed by atoms with Gasteiger partial charge in [-0.15, -0.1) is 10.2 Å². The van der Waals surface area contributed by atoms with Crippen molar-refractivity contribution in [3.63, 3.8) is 0 Å². The third-order valence-corrected chi connectivity index (χ3v) is 4.55. The Kier molecular flexibility index (Phi) is 4.59. The van der Waals surface area contributed by atoms with Crippen LogP contribution in [0.3, 0.4) is 0 Å². The molecule has 1 heterocycles. The first-order chi connectivity index (χ1) is 9.36. The van der Waals surface area contributed by atoms with Gasteiger partial charge in [0.2, 0.25) is 0 Å². The van der Waals surface area contributed by atoms with E-state index in [2.05, 4.69) is 10.2 Å². The maximum atomic E-state index is 11.5. The molecule has 0 atom stereocenters. The van der Waals surface area contributed by atoms with Crippen LogP contribution in [-0.2, 0) is 15.6 Å². The van der Waals surface area contributed by atoms with Crippen LogP contribution in [0.15, 0.2) is 23.4 Å². The predicted molar refractivity (Wildman–Crippen MR) is 78.8 cm³/mol. The van der Waals surface area contributed by atoms with Crippen LogP contribution in [0, 0.1) is 0 Å². The lowest BCUT2D eigenvalue weighted by Crippen LogP contribution is -2.07. The molecule has 9 heteroatoms. The maximum Gasteiger partial charge on any atom is 0.296 e. The highest BCUT2D eigenvalue weighted by atomic mass is 35.7. The lowest BCUT2D eigenvalue weighted by molar-refractivity contribution is 0.570. The Hall–Kier alpha value is -0.820. The van der Waals surface area contributed by atoms with E-state index in [0.29, 0.717) is 29.4 Å². The zero-order valence-corrected chi connectivity index (χ0v) is 13.4. The number of halogens is 3. The topological polar surface area (TPSA) is 64.8 Å². The molecule has 2 rings (SSSR count). The van der Waals surface area contributed by atoms with Gasteiger partial charge >= 0.3 is 0 Å². The Morgan fingerprint density at radius 3 is 2.55 bits per heavy atom. The molecular formula is C11H10Cl3N3O2S. The van der Waals surface area contributed by atoms with Crippen LogP contribution in [0.25, 0.3) is 11.4 Å². The zero-order chi connectivity index (χ0) is 14.9. The van der Waals surface area contributed by atoms with Crippen LogP contribution < -0.4 is 0 Å². The number of hydrogen-bond acceptors (Lipinski definition) is 4. The monoisotopic (exact) mass is 353 g/mol. The van der Waals surface area contributed by atoms with Crippen molar-refractivity contribution >= 4 is 42.9 Å². The highest BCUT2D eigenvalue weighted by Crippen LogP contribution is 2.33. The van der Waals surface area contributed by atoms with Crippen molar-refractivity contribution in [2.75, 3.05) is 0 Å². The molecule has 108 valence electrons. The molecule has 0 aliphatic rings. The zero-order valence-electron chi connectivity index (χ0n) is 10.3. The molecular weight excluding hydrogens is 345 g/mol. The fourth-order valence-corrected chi connectivity index (χ4v) is 3.08. The average Bonchev–Trinajstić information content (AvgIpc) is 2.77. The van der Waals surface area contributed by atoms with E-state index in [1.165, 1.54) is 4.57 Å². The number of aromatic nitrogens is 3. The van der Waals surface area contributed by atoms with Crippen molar-refractivity contribution in [3.05, 3.63) is 28.2 Å². The SMILES string of the molecule is CCCn1c(-c2cccc(Cl)c2Cl)nnc1S(=O)(=O)Cl. The minimum absolute atomic E-state index is 0.289. The quantitative estimate of drug-likeness (QED) is 0.787. The van der Waals surface area contributed by atoms with Gasteiger partial charge in [-0.05, 0) is 18.6 Å². The molecule has 0 unspecified atom stereocenters. The van der Waals surface area contributed by atoms with Crippen molar-refractivity contribution in [1.82, 2.24) is 14.8 Å². The summed E-state index contributed by atoms with van der Waals surface area (Å²) in [4.78, 5) is 0. The van der Waals surface area contributed by atoms with E-state index in [4.69, 9.17) is 33.9 Å². The van der Waals surface area contributed by atoms with E-state index in [-0.39, 0.29) is 10.2 Å². The molecule has 0 aliphatic heterocycles. The molecule has 0 radical (unpaired) electrons. The van der Waals surface area contributed by atoms with Gasteiger partial charge in [0, 0.05) is 22.8 Å². The predicted octanol–water partition coefficient (Wildman–Crippen LogP) is 3.59. The summed E-state index contributed by atoms with van der Waals surface area (Å²) in [6.45, 7) is 2.29. The van der Waals surface area contributed by atoms with Crippen LogP contribution in [0.1, 0.15) is 13.3 Å². The molecule has 0 saturated carbocycles. The third kappa shape index (κ3) is 2.93. The molecule has 2 aromatic rings. The lowest BCUT2D eigenvalue weighted by atomic mass is 10.2. The van der Waals surface area contributed by atoms with Crippen molar-refractivity contribution < 1.29 is 8.42 Å². The Bertz CT molecular complexity index is 743. The number of rotatable bonds is 4. The fraction of sp³-hybridized carbons (Fsp3) is 0.273. The first-order valence-corrected chi connectivity index (χ1v) is 8.75. The number of nitrogens with zero attached hydrogens (tertiary/aromatic N) is 3. The second kappa shape index (κ2) is 5.89. The van der Waals surface area contributed by atoms with Crippen LogP contribution >= 0.6 is 33.9 Å². The van der Waals surface area contributed by atoms with Gasteiger partial charge in [-0.1, -0.05) is 36.2 Å². The molecule has 0 spiro atoms. The standard InChI is InChI=1S/C11H10Cl3N3O2S/c1-2-6-17-10(15-16-11(17)20(14,18)19)7-4-3-5-8(12)9(7)13/h3-5H,2,6H2,1H3. The fourth-order valence-electron chi connectivity index (χ4n) is 1.77. The molecule has 1 aromatic heterocycles. The minimum Gasteiger partial charge on any atom is -0.297 e. The van der Waals surface area contributed by atoms with Crippen molar-refractivity contribution in [3.8, 4) is 11.4 Å². The number of benzene rings is 1. The van der Waals surface area contributed by atoms with Crippen LogP contribution in [0.5, 0.6) is 0 Å². The summed E-state index contributed by atoms with van der Waals surface area (Å²) in [6.07, 6.45) is 0.683. The first-order valence-electron chi connectivity index (χ1n) is 5.68. The van der Waals surface area contributed by atoms with Crippen molar-refractivity contribution in [2.45, 2.75) is 25.0 Å². The molecule has 20 heavy (non-hydrogen) atoms.